The van der Waals surface area contributed by atoms with E-state index in [-0.39, 0.29) is 30.4 Å². The first-order valence-electron chi connectivity index (χ1n) is 5.88. The molecule has 3 N–H and O–H groups in total. The SMILES string of the molecule is Cl.Cl.N[C@H]1C2(CCNCC2)COC12CCC2. The molecule has 1 saturated carbocycles. The van der Waals surface area contributed by atoms with Crippen molar-refractivity contribution < 1.29 is 4.74 Å². The van der Waals surface area contributed by atoms with Crippen LogP contribution in [0.4, 0.5) is 0 Å². The Bertz CT molecular complexity index is 240. The lowest BCUT2D eigenvalue weighted by atomic mass is 9.64. The van der Waals surface area contributed by atoms with Crippen LogP contribution in [0, 0.1) is 5.41 Å². The van der Waals surface area contributed by atoms with Gasteiger partial charge in [-0.05, 0) is 45.2 Å². The van der Waals surface area contributed by atoms with E-state index in [0.29, 0.717) is 11.5 Å². The molecule has 96 valence electrons. The zero-order valence-corrected chi connectivity index (χ0v) is 11.2. The molecular formula is C11H22Cl2N2O. The van der Waals surface area contributed by atoms with E-state index in [9.17, 15) is 0 Å². The van der Waals surface area contributed by atoms with Crippen molar-refractivity contribution in [2.24, 2.45) is 11.1 Å². The molecule has 2 spiro atoms. The Morgan fingerprint density at radius 3 is 2.12 bits per heavy atom. The van der Waals surface area contributed by atoms with E-state index in [2.05, 4.69) is 5.32 Å². The van der Waals surface area contributed by atoms with E-state index in [1.807, 2.05) is 0 Å². The van der Waals surface area contributed by atoms with E-state index in [1.165, 1.54) is 32.1 Å². The topological polar surface area (TPSA) is 47.3 Å². The fourth-order valence-corrected chi connectivity index (χ4v) is 3.39. The van der Waals surface area contributed by atoms with Crippen molar-refractivity contribution in [1.82, 2.24) is 5.32 Å². The summed E-state index contributed by atoms with van der Waals surface area (Å²) in [4.78, 5) is 0. The summed E-state index contributed by atoms with van der Waals surface area (Å²) in [7, 11) is 0. The van der Waals surface area contributed by atoms with Crippen molar-refractivity contribution in [3.05, 3.63) is 0 Å². The third-order valence-electron chi connectivity index (χ3n) is 4.67. The Balaban J connectivity index is 0.000000640. The maximum Gasteiger partial charge on any atom is 0.0839 e. The minimum Gasteiger partial charge on any atom is -0.373 e. The van der Waals surface area contributed by atoms with E-state index in [4.69, 9.17) is 10.5 Å². The van der Waals surface area contributed by atoms with Gasteiger partial charge in [0.05, 0.1) is 12.2 Å². The molecule has 0 bridgehead atoms. The van der Waals surface area contributed by atoms with Crippen LogP contribution in [0.5, 0.6) is 0 Å². The number of piperidine rings is 1. The molecule has 0 amide bonds. The van der Waals surface area contributed by atoms with E-state index in [0.717, 1.165) is 19.7 Å². The second-order valence-corrected chi connectivity index (χ2v) is 5.30. The van der Waals surface area contributed by atoms with Crippen LogP contribution >= 0.6 is 24.8 Å². The highest BCUT2D eigenvalue weighted by Gasteiger charge is 2.58. The van der Waals surface area contributed by atoms with Gasteiger partial charge >= 0.3 is 0 Å². The van der Waals surface area contributed by atoms with Crippen molar-refractivity contribution in [1.29, 1.82) is 0 Å². The Morgan fingerprint density at radius 2 is 1.69 bits per heavy atom. The molecule has 2 saturated heterocycles. The van der Waals surface area contributed by atoms with Crippen LogP contribution < -0.4 is 11.1 Å². The molecule has 3 aliphatic rings. The van der Waals surface area contributed by atoms with Crippen molar-refractivity contribution in [2.75, 3.05) is 19.7 Å². The molecule has 0 aromatic heterocycles. The zero-order chi connectivity index (χ0) is 9.65. The van der Waals surface area contributed by atoms with Gasteiger partial charge in [0.15, 0.2) is 0 Å². The lowest BCUT2D eigenvalue weighted by Crippen LogP contribution is -2.57. The number of hydrogen-bond donors (Lipinski definition) is 2. The molecule has 0 radical (unpaired) electrons. The van der Waals surface area contributed by atoms with Gasteiger partial charge in [-0.2, -0.15) is 0 Å². The molecule has 2 heterocycles. The number of nitrogens with one attached hydrogen (secondary N) is 1. The van der Waals surface area contributed by atoms with Gasteiger partial charge in [0.1, 0.15) is 0 Å². The van der Waals surface area contributed by atoms with Crippen LogP contribution in [0.2, 0.25) is 0 Å². The predicted octanol–water partition coefficient (Wildman–Crippen LogP) is 1.48. The number of nitrogens with two attached hydrogens (primary N) is 1. The lowest BCUT2D eigenvalue weighted by molar-refractivity contribution is -0.0646. The molecule has 0 aromatic rings. The van der Waals surface area contributed by atoms with Crippen molar-refractivity contribution in [3.8, 4) is 0 Å². The molecule has 0 aromatic carbocycles. The summed E-state index contributed by atoms with van der Waals surface area (Å²) in [5, 5.41) is 3.41. The average molecular weight is 269 g/mol. The van der Waals surface area contributed by atoms with Crippen LogP contribution in [0.25, 0.3) is 0 Å². The smallest absolute Gasteiger partial charge is 0.0839 e. The quantitative estimate of drug-likeness (QED) is 0.700. The molecular weight excluding hydrogens is 247 g/mol. The zero-order valence-electron chi connectivity index (χ0n) is 9.54. The van der Waals surface area contributed by atoms with Gasteiger partial charge in [-0.1, -0.05) is 0 Å². The van der Waals surface area contributed by atoms with Crippen LogP contribution in [-0.4, -0.2) is 31.3 Å². The summed E-state index contributed by atoms with van der Waals surface area (Å²) in [5.74, 6) is 0. The maximum atomic E-state index is 6.43. The molecule has 16 heavy (non-hydrogen) atoms. The summed E-state index contributed by atoms with van der Waals surface area (Å²) >= 11 is 0. The number of halogens is 2. The van der Waals surface area contributed by atoms with Crippen LogP contribution in [0.1, 0.15) is 32.1 Å². The third kappa shape index (κ3) is 1.87. The Hall–Kier alpha value is 0.460. The summed E-state index contributed by atoms with van der Waals surface area (Å²) < 4.78 is 6.03. The van der Waals surface area contributed by atoms with Crippen LogP contribution in [0.3, 0.4) is 0 Å². The second-order valence-electron chi connectivity index (χ2n) is 5.30. The maximum absolute atomic E-state index is 6.43. The molecule has 5 heteroatoms. The minimum atomic E-state index is 0. The van der Waals surface area contributed by atoms with Gasteiger partial charge in [-0.25, -0.2) is 0 Å². The Labute approximate surface area is 110 Å². The molecule has 3 fully saturated rings. The second kappa shape index (κ2) is 4.99. The number of hydrogen-bond acceptors (Lipinski definition) is 3. The Kier molecular flexibility index (Phi) is 4.53. The average Bonchev–Trinajstić information content (AvgIpc) is 2.43. The van der Waals surface area contributed by atoms with E-state index in [1.54, 1.807) is 0 Å². The molecule has 1 aliphatic carbocycles. The largest absolute Gasteiger partial charge is 0.373 e. The lowest BCUT2D eigenvalue weighted by Gasteiger charge is -2.45. The minimum absolute atomic E-state index is 0. The summed E-state index contributed by atoms with van der Waals surface area (Å²) in [5.41, 5.74) is 6.84. The molecule has 3 nitrogen and oxygen atoms in total. The standard InChI is InChI=1S/C11H20N2O.2ClH/c12-9-10(4-6-13-7-5-10)8-14-11(9)2-1-3-11;;/h9,13H,1-8,12H2;2*1H/t9-;;/m0../s1. The van der Waals surface area contributed by atoms with Gasteiger partial charge in [0.2, 0.25) is 0 Å². The van der Waals surface area contributed by atoms with Gasteiger partial charge in [0, 0.05) is 11.5 Å². The van der Waals surface area contributed by atoms with Crippen LogP contribution in [0.15, 0.2) is 0 Å². The van der Waals surface area contributed by atoms with Gasteiger partial charge in [-0.3, -0.25) is 0 Å². The summed E-state index contributed by atoms with van der Waals surface area (Å²) in [6.07, 6.45) is 6.11. The van der Waals surface area contributed by atoms with E-state index < -0.39 is 0 Å². The first-order valence-corrected chi connectivity index (χ1v) is 5.88. The van der Waals surface area contributed by atoms with Crippen molar-refractivity contribution in [2.45, 2.75) is 43.7 Å². The highest BCUT2D eigenvalue weighted by atomic mass is 35.5. The fraction of sp³-hybridized carbons (Fsp3) is 1.00. The molecule has 0 unspecified atom stereocenters. The summed E-state index contributed by atoms with van der Waals surface area (Å²) in [6.45, 7) is 3.15. The summed E-state index contributed by atoms with van der Waals surface area (Å²) in [6, 6.07) is 0.297. The molecule has 2 aliphatic heterocycles. The highest BCUT2D eigenvalue weighted by Crippen LogP contribution is 2.52. The number of rotatable bonds is 0. The number of ether oxygens (including phenoxy) is 1. The highest BCUT2D eigenvalue weighted by molar-refractivity contribution is 5.85. The molecule has 1 atom stereocenters. The third-order valence-corrected chi connectivity index (χ3v) is 4.67. The van der Waals surface area contributed by atoms with Gasteiger partial charge in [-0.15, -0.1) is 24.8 Å². The monoisotopic (exact) mass is 268 g/mol. The van der Waals surface area contributed by atoms with E-state index >= 15 is 0 Å². The van der Waals surface area contributed by atoms with Gasteiger partial charge in [0.25, 0.3) is 0 Å². The molecule has 3 rings (SSSR count). The first-order chi connectivity index (χ1) is 6.78. The normalized spacial score (nSPS) is 33.9. The van der Waals surface area contributed by atoms with Crippen molar-refractivity contribution in [3.63, 3.8) is 0 Å². The first kappa shape index (κ1) is 14.5. The Morgan fingerprint density at radius 1 is 1.06 bits per heavy atom. The fourth-order valence-electron chi connectivity index (χ4n) is 3.39. The predicted molar refractivity (Wildman–Crippen MR) is 69.5 cm³/mol. The van der Waals surface area contributed by atoms with Crippen molar-refractivity contribution >= 4 is 24.8 Å². The van der Waals surface area contributed by atoms with Crippen LogP contribution in [-0.2, 0) is 4.74 Å². The van der Waals surface area contributed by atoms with Gasteiger partial charge < -0.3 is 15.8 Å².